The third-order valence-electron chi connectivity index (χ3n) is 5.23. The van der Waals surface area contributed by atoms with E-state index in [9.17, 15) is 5.11 Å². The molecule has 7 nitrogen and oxygen atoms in total. The second-order valence-corrected chi connectivity index (χ2v) is 8.46. The molecule has 158 valence electrons. The SMILES string of the molecule is C=N/C(=C\C(=C/C)Oc1cn(C2CC2)nc1C1CC1)Nc1ccnc(C(C)(C)O)c1. The highest BCUT2D eigenvalue weighted by Crippen LogP contribution is 2.45. The monoisotopic (exact) mass is 407 g/mol. The van der Waals surface area contributed by atoms with Crippen LogP contribution < -0.4 is 10.1 Å². The first-order chi connectivity index (χ1) is 14.4. The Balaban J connectivity index is 1.52. The average Bonchev–Trinajstić information content (AvgIpc) is 3.65. The summed E-state index contributed by atoms with van der Waals surface area (Å²) in [5, 5.41) is 18.2. The Morgan fingerprint density at radius 2 is 2.13 bits per heavy atom. The molecule has 0 aromatic carbocycles. The number of nitrogens with zero attached hydrogens (tertiary/aromatic N) is 4. The summed E-state index contributed by atoms with van der Waals surface area (Å²) in [5.41, 5.74) is 1.36. The van der Waals surface area contributed by atoms with Crippen molar-refractivity contribution in [2.24, 2.45) is 4.99 Å². The quantitative estimate of drug-likeness (QED) is 0.359. The second kappa shape index (κ2) is 8.07. The summed E-state index contributed by atoms with van der Waals surface area (Å²) in [6, 6.07) is 4.13. The summed E-state index contributed by atoms with van der Waals surface area (Å²) in [6.45, 7) is 9.00. The van der Waals surface area contributed by atoms with Crippen LogP contribution in [0.25, 0.3) is 0 Å². The van der Waals surface area contributed by atoms with Crippen LogP contribution in [-0.4, -0.2) is 26.6 Å². The van der Waals surface area contributed by atoms with Crippen LogP contribution in [0, 0.1) is 0 Å². The first-order valence-corrected chi connectivity index (χ1v) is 10.4. The van der Waals surface area contributed by atoms with E-state index < -0.39 is 5.60 Å². The van der Waals surface area contributed by atoms with E-state index in [4.69, 9.17) is 9.84 Å². The molecular formula is C23H29N5O2. The minimum Gasteiger partial charge on any atom is -0.454 e. The van der Waals surface area contributed by atoms with Crippen LogP contribution in [0.2, 0.25) is 0 Å². The van der Waals surface area contributed by atoms with Crippen LogP contribution >= 0.6 is 0 Å². The largest absolute Gasteiger partial charge is 0.454 e. The van der Waals surface area contributed by atoms with Crippen molar-refractivity contribution in [1.82, 2.24) is 14.8 Å². The maximum Gasteiger partial charge on any atom is 0.168 e. The van der Waals surface area contributed by atoms with Crippen molar-refractivity contribution in [2.45, 2.75) is 64.0 Å². The number of hydrogen-bond donors (Lipinski definition) is 2. The Kier molecular flexibility index (Phi) is 5.47. The van der Waals surface area contributed by atoms with Crippen LogP contribution in [0.1, 0.15) is 69.8 Å². The molecule has 30 heavy (non-hydrogen) atoms. The maximum atomic E-state index is 10.2. The lowest BCUT2D eigenvalue weighted by atomic mass is 10.0. The van der Waals surface area contributed by atoms with Crippen molar-refractivity contribution < 1.29 is 9.84 Å². The second-order valence-electron chi connectivity index (χ2n) is 8.46. The summed E-state index contributed by atoms with van der Waals surface area (Å²) in [5.74, 6) is 2.54. The number of rotatable bonds is 9. The zero-order chi connectivity index (χ0) is 21.3. The number of anilines is 1. The van der Waals surface area contributed by atoms with Crippen molar-refractivity contribution >= 4 is 12.4 Å². The summed E-state index contributed by atoms with van der Waals surface area (Å²) < 4.78 is 8.28. The molecule has 7 heteroatoms. The molecule has 0 bridgehead atoms. The van der Waals surface area contributed by atoms with Gasteiger partial charge in [0, 0.05) is 23.9 Å². The van der Waals surface area contributed by atoms with Gasteiger partial charge in [0.1, 0.15) is 22.9 Å². The number of ether oxygens (including phenoxy) is 1. The number of nitrogens with one attached hydrogen (secondary N) is 1. The van der Waals surface area contributed by atoms with Crippen LogP contribution in [0.15, 0.2) is 53.3 Å². The van der Waals surface area contributed by atoms with E-state index in [0.29, 0.717) is 29.2 Å². The van der Waals surface area contributed by atoms with Gasteiger partial charge in [-0.2, -0.15) is 5.10 Å². The highest BCUT2D eigenvalue weighted by molar-refractivity contribution is 5.51. The van der Waals surface area contributed by atoms with Gasteiger partial charge in [0.15, 0.2) is 5.75 Å². The number of hydrogen-bond acceptors (Lipinski definition) is 6. The molecule has 0 radical (unpaired) electrons. The molecule has 0 unspecified atom stereocenters. The van der Waals surface area contributed by atoms with Gasteiger partial charge in [-0.3, -0.25) is 9.67 Å². The number of aliphatic imine (C=N–C) groups is 1. The van der Waals surface area contributed by atoms with Crippen LogP contribution in [0.4, 0.5) is 5.69 Å². The van der Waals surface area contributed by atoms with Gasteiger partial charge in [-0.15, -0.1) is 0 Å². The van der Waals surface area contributed by atoms with E-state index in [1.165, 1.54) is 25.7 Å². The molecule has 0 saturated heterocycles. The lowest BCUT2D eigenvalue weighted by Gasteiger charge is -2.17. The Bertz CT molecular complexity index is 991. The molecule has 2 aliphatic carbocycles. The fraction of sp³-hybridized carbons (Fsp3) is 0.435. The maximum absolute atomic E-state index is 10.2. The molecule has 2 fully saturated rings. The van der Waals surface area contributed by atoms with E-state index >= 15 is 0 Å². The molecule has 0 spiro atoms. The molecule has 2 N–H and O–H groups in total. The Morgan fingerprint density at radius 3 is 2.73 bits per heavy atom. The number of allylic oxidation sites excluding steroid dienone is 2. The minimum atomic E-state index is -1.03. The van der Waals surface area contributed by atoms with Gasteiger partial charge in [0.05, 0.1) is 17.9 Å². The molecule has 2 aliphatic rings. The lowest BCUT2D eigenvalue weighted by Crippen LogP contribution is -2.17. The van der Waals surface area contributed by atoms with E-state index in [1.807, 2.05) is 31.3 Å². The van der Waals surface area contributed by atoms with Gasteiger partial charge in [-0.25, -0.2) is 4.99 Å². The predicted octanol–water partition coefficient (Wildman–Crippen LogP) is 4.65. The lowest BCUT2D eigenvalue weighted by molar-refractivity contribution is 0.0739. The minimum absolute atomic E-state index is 0.509. The van der Waals surface area contributed by atoms with Gasteiger partial charge >= 0.3 is 0 Å². The predicted molar refractivity (Wildman–Crippen MR) is 118 cm³/mol. The fourth-order valence-corrected chi connectivity index (χ4v) is 3.18. The third kappa shape index (κ3) is 4.79. The van der Waals surface area contributed by atoms with Gasteiger partial charge in [-0.05, 0) is 71.4 Å². The molecule has 2 heterocycles. The fourth-order valence-electron chi connectivity index (χ4n) is 3.18. The molecule has 2 aromatic rings. The first kappa shape index (κ1) is 20.3. The van der Waals surface area contributed by atoms with Crippen LogP contribution in [0.3, 0.4) is 0 Å². The molecule has 2 saturated carbocycles. The number of pyridine rings is 1. The zero-order valence-corrected chi connectivity index (χ0v) is 17.8. The summed E-state index contributed by atoms with van der Waals surface area (Å²) in [4.78, 5) is 8.32. The van der Waals surface area contributed by atoms with Crippen molar-refractivity contribution in [3.63, 3.8) is 0 Å². The van der Waals surface area contributed by atoms with Crippen molar-refractivity contribution in [3.8, 4) is 5.75 Å². The van der Waals surface area contributed by atoms with E-state index in [2.05, 4.69) is 26.7 Å². The molecule has 0 atom stereocenters. The van der Waals surface area contributed by atoms with Crippen molar-refractivity contribution in [3.05, 3.63) is 59.6 Å². The smallest absolute Gasteiger partial charge is 0.168 e. The summed E-state index contributed by atoms with van der Waals surface area (Å²) >= 11 is 0. The van der Waals surface area contributed by atoms with Gasteiger partial charge < -0.3 is 15.2 Å². The third-order valence-corrected chi connectivity index (χ3v) is 5.23. The Hall–Kier alpha value is -2.93. The van der Waals surface area contributed by atoms with Gasteiger partial charge in [0.25, 0.3) is 0 Å². The average molecular weight is 408 g/mol. The highest BCUT2D eigenvalue weighted by Gasteiger charge is 2.33. The molecule has 0 amide bonds. The Morgan fingerprint density at radius 1 is 1.37 bits per heavy atom. The molecule has 4 rings (SSSR count). The van der Waals surface area contributed by atoms with Gasteiger partial charge in [-0.1, -0.05) is 0 Å². The highest BCUT2D eigenvalue weighted by atomic mass is 16.5. The normalized spacial score (nSPS) is 17.7. The van der Waals surface area contributed by atoms with Gasteiger partial charge in [0.2, 0.25) is 0 Å². The standard InChI is InChI=1S/C23H29N5O2/c1-5-18(30-19-14-28(17-8-9-17)27-22(19)15-6-7-15)13-21(24-4)26-16-10-11-25-20(12-16)23(2,3)29/h5,10-15,17,29H,4,6-9H2,1-3H3,(H,25,26)/b18-5+,21-13+. The van der Waals surface area contributed by atoms with E-state index in [1.54, 1.807) is 26.1 Å². The molecule has 2 aromatic heterocycles. The van der Waals surface area contributed by atoms with Crippen LogP contribution in [0.5, 0.6) is 5.75 Å². The Labute approximate surface area is 177 Å². The van der Waals surface area contributed by atoms with Crippen LogP contribution in [-0.2, 0) is 5.60 Å². The first-order valence-electron chi connectivity index (χ1n) is 10.4. The molecular weight excluding hydrogens is 378 g/mol. The number of aromatic nitrogens is 3. The summed E-state index contributed by atoms with van der Waals surface area (Å²) in [6.07, 6.45) is 12.1. The molecule has 0 aliphatic heterocycles. The zero-order valence-electron chi connectivity index (χ0n) is 17.8. The van der Waals surface area contributed by atoms with E-state index in [-0.39, 0.29) is 0 Å². The van der Waals surface area contributed by atoms with Crippen molar-refractivity contribution in [1.29, 1.82) is 0 Å². The summed E-state index contributed by atoms with van der Waals surface area (Å²) in [7, 11) is 0. The topological polar surface area (TPSA) is 84.6 Å². The number of aliphatic hydroxyl groups is 1. The van der Waals surface area contributed by atoms with Crippen molar-refractivity contribution in [2.75, 3.05) is 5.32 Å². The van der Waals surface area contributed by atoms with E-state index in [0.717, 1.165) is 17.1 Å².